The van der Waals surface area contributed by atoms with Crippen LogP contribution in [0.25, 0.3) is 0 Å². The standard InChI is InChI=1S/C26H32F3N3O3/c1-15(34-5)14-35-23-8-7-22(16(2)17(23)3)18(4)31-12-21-10-20(31)13-32(21)25(33)19-6-9-24(30-11-19)26(27,28)29/h6-9,11,15,18,20-21H,10,12-14H2,1-5H3/t15-,18+,20-,21-/m1/s1. The Labute approximate surface area is 204 Å². The molecule has 2 aliphatic rings. The minimum absolute atomic E-state index is 0.0115. The van der Waals surface area contributed by atoms with Crippen LogP contribution >= 0.6 is 0 Å². The molecule has 2 saturated heterocycles. The smallest absolute Gasteiger partial charge is 0.433 e. The molecule has 9 heteroatoms. The summed E-state index contributed by atoms with van der Waals surface area (Å²) in [5, 5.41) is 0. The Balaban J connectivity index is 1.42. The van der Waals surface area contributed by atoms with Gasteiger partial charge in [-0.15, -0.1) is 0 Å². The van der Waals surface area contributed by atoms with Gasteiger partial charge in [-0.05, 0) is 69.0 Å². The maximum Gasteiger partial charge on any atom is 0.433 e. The molecule has 2 bridgehead atoms. The number of benzene rings is 1. The van der Waals surface area contributed by atoms with E-state index >= 15 is 0 Å². The van der Waals surface area contributed by atoms with Gasteiger partial charge in [-0.3, -0.25) is 14.7 Å². The van der Waals surface area contributed by atoms with Gasteiger partial charge in [-0.25, -0.2) is 0 Å². The average molecular weight is 492 g/mol. The third-order valence-corrected chi connectivity index (χ3v) is 7.45. The molecule has 4 atom stereocenters. The minimum atomic E-state index is -4.52. The molecule has 1 amide bonds. The van der Waals surface area contributed by atoms with Crippen LogP contribution in [-0.4, -0.2) is 65.7 Å². The van der Waals surface area contributed by atoms with Crippen LogP contribution in [0.3, 0.4) is 0 Å². The van der Waals surface area contributed by atoms with E-state index in [0.29, 0.717) is 13.2 Å². The van der Waals surface area contributed by atoms with Gasteiger partial charge in [0.15, 0.2) is 0 Å². The molecule has 190 valence electrons. The van der Waals surface area contributed by atoms with Gasteiger partial charge in [0.1, 0.15) is 18.1 Å². The largest absolute Gasteiger partial charge is 0.491 e. The van der Waals surface area contributed by atoms with E-state index in [2.05, 4.69) is 36.7 Å². The quantitative estimate of drug-likeness (QED) is 0.558. The number of alkyl halides is 3. The van der Waals surface area contributed by atoms with Gasteiger partial charge in [-0.2, -0.15) is 13.2 Å². The van der Waals surface area contributed by atoms with Crippen molar-refractivity contribution in [1.82, 2.24) is 14.8 Å². The van der Waals surface area contributed by atoms with Crippen LogP contribution in [0, 0.1) is 13.8 Å². The zero-order chi connectivity index (χ0) is 25.5. The molecule has 1 aromatic carbocycles. The number of aromatic nitrogens is 1. The Bertz CT molecular complexity index is 1070. The summed E-state index contributed by atoms with van der Waals surface area (Å²) in [4.78, 5) is 20.6. The van der Waals surface area contributed by atoms with E-state index in [1.165, 1.54) is 17.2 Å². The van der Waals surface area contributed by atoms with Gasteiger partial charge < -0.3 is 14.4 Å². The highest BCUT2D eigenvalue weighted by atomic mass is 19.4. The first kappa shape index (κ1) is 25.4. The molecule has 3 heterocycles. The molecular formula is C26H32F3N3O3. The number of methoxy groups -OCH3 is 1. The van der Waals surface area contributed by atoms with E-state index in [9.17, 15) is 18.0 Å². The summed E-state index contributed by atoms with van der Waals surface area (Å²) in [6, 6.07) is 6.62. The molecule has 0 saturated carbocycles. The number of fused-ring (bicyclic) bond motifs is 2. The number of amides is 1. The van der Waals surface area contributed by atoms with Crippen LogP contribution < -0.4 is 4.74 Å². The Morgan fingerprint density at radius 3 is 2.43 bits per heavy atom. The number of hydrogen-bond donors (Lipinski definition) is 0. The fourth-order valence-corrected chi connectivity index (χ4v) is 5.15. The zero-order valence-corrected chi connectivity index (χ0v) is 20.7. The lowest BCUT2D eigenvalue weighted by Gasteiger charge is -2.38. The fourth-order valence-electron chi connectivity index (χ4n) is 5.15. The van der Waals surface area contributed by atoms with E-state index in [-0.39, 0.29) is 35.7 Å². The van der Waals surface area contributed by atoms with Crippen molar-refractivity contribution in [3.63, 3.8) is 0 Å². The van der Waals surface area contributed by atoms with Gasteiger partial charge in [-0.1, -0.05) is 6.07 Å². The number of hydrogen-bond acceptors (Lipinski definition) is 5. The van der Waals surface area contributed by atoms with Gasteiger partial charge >= 0.3 is 6.18 Å². The number of carbonyl (C=O) groups excluding carboxylic acids is 1. The predicted molar refractivity (Wildman–Crippen MR) is 125 cm³/mol. The van der Waals surface area contributed by atoms with Crippen molar-refractivity contribution in [1.29, 1.82) is 0 Å². The lowest BCUT2D eigenvalue weighted by Crippen LogP contribution is -2.49. The highest BCUT2D eigenvalue weighted by Crippen LogP contribution is 2.39. The van der Waals surface area contributed by atoms with Crippen molar-refractivity contribution in [2.75, 3.05) is 26.8 Å². The number of carbonyl (C=O) groups is 1. The maximum absolute atomic E-state index is 13.0. The van der Waals surface area contributed by atoms with Crippen LogP contribution in [0.15, 0.2) is 30.5 Å². The summed E-state index contributed by atoms with van der Waals surface area (Å²) in [7, 11) is 1.66. The van der Waals surface area contributed by atoms with Crippen LogP contribution in [-0.2, 0) is 10.9 Å². The molecule has 2 aromatic rings. The first-order valence-electron chi connectivity index (χ1n) is 11.9. The number of piperazine rings is 1. The summed E-state index contributed by atoms with van der Waals surface area (Å²) >= 11 is 0. The Morgan fingerprint density at radius 2 is 1.86 bits per heavy atom. The molecule has 0 radical (unpaired) electrons. The average Bonchev–Trinajstić information content (AvgIpc) is 3.45. The number of halogens is 3. The normalized spacial score (nSPS) is 21.9. The van der Waals surface area contributed by atoms with E-state index in [4.69, 9.17) is 9.47 Å². The van der Waals surface area contributed by atoms with Crippen molar-refractivity contribution in [2.45, 2.75) is 64.5 Å². The summed E-state index contributed by atoms with van der Waals surface area (Å²) in [6.45, 7) is 10.1. The van der Waals surface area contributed by atoms with Crippen LogP contribution in [0.1, 0.15) is 59.1 Å². The van der Waals surface area contributed by atoms with Gasteiger partial charge in [0.05, 0.1) is 11.7 Å². The lowest BCUT2D eigenvalue weighted by atomic mass is 9.96. The van der Waals surface area contributed by atoms with E-state index in [1.54, 1.807) is 12.0 Å². The molecule has 2 aliphatic heterocycles. The van der Waals surface area contributed by atoms with Crippen LogP contribution in [0.2, 0.25) is 0 Å². The summed E-state index contributed by atoms with van der Waals surface area (Å²) in [6.07, 6.45) is -2.62. The lowest BCUT2D eigenvalue weighted by molar-refractivity contribution is -0.141. The minimum Gasteiger partial charge on any atom is -0.491 e. The zero-order valence-electron chi connectivity index (χ0n) is 20.7. The summed E-state index contributed by atoms with van der Waals surface area (Å²) in [5.74, 6) is 0.594. The first-order valence-corrected chi connectivity index (χ1v) is 11.9. The second-order valence-electron chi connectivity index (χ2n) is 9.56. The predicted octanol–water partition coefficient (Wildman–Crippen LogP) is 4.79. The first-order chi connectivity index (χ1) is 16.5. The summed E-state index contributed by atoms with van der Waals surface area (Å²) in [5.41, 5.74) is 2.72. The third kappa shape index (κ3) is 5.02. The van der Waals surface area contributed by atoms with Gasteiger partial charge in [0.2, 0.25) is 0 Å². The molecule has 6 nitrogen and oxygen atoms in total. The van der Waals surface area contributed by atoms with Crippen LogP contribution in [0.5, 0.6) is 5.75 Å². The van der Waals surface area contributed by atoms with Gasteiger partial charge in [0, 0.05) is 44.5 Å². The number of rotatable bonds is 7. The molecule has 0 unspecified atom stereocenters. The third-order valence-electron chi connectivity index (χ3n) is 7.45. The van der Waals surface area contributed by atoms with Gasteiger partial charge in [0.25, 0.3) is 5.91 Å². The van der Waals surface area contributed by atoms with E-state index in [0.717, 1.165) is 36.5 Å². The SMILES string of the molecule is CO[C@H](C)COc1ccc([C@H](C)N2C[C@H]3C[C@@H]2CN3C(=O)c2ccc(C(F)(F)F)nc2)c(C)c1C. The van der Waals surface area contributed by atoms with Crippen molar-refractivity contribution in [3.8, 4) is 5.75 Å². The molecule has 1 aromatic heterocycles. The number of pyridine rings is 1. The maximum atomic E-state index is 13.0. The second kappa shape index (κ2) is 9.78. The van der Waals surface area contributed by atoms with E-state index < -0.39 is 11.9 Å². The van der Waals surface area contributed by atoms with Crippen molar-refractivity contribution < 1.29 is 27.4 Å². The molecule has 2 fully saturated rings. The second-order valence-corrected chi connectivity index (χ2v) is 9.56. The van der Waals surface area contributed by atoms with Crippen molar-refractivity contribution in [3.05, 3.63) is 58.4 Å². The fraction of sp³-hybridized carbons (Fsp3) is 0.538. The Morgan fingerprint density at radius 1 is 1.11 bits per heavy atom. The number of nitrogens with zero attached hydrogens (tertiary/aromatic N) is 3. The van der Waals surface area contributed by atoms with E-state index in [1.807, 2.05) is 13.0 Å². The Kier molecular flexibility index (Phi) is 7.11. The molecule has 0 aliphatic carbocycles. The molecule has 0 N–H and O–H groups in total. The number of ether oxygens (including phenoxy) is 2. The highest BCUT2D eigenvalue weighted by molar-refractivity contribution is 5.94. The topological polar surface area (TPSA) is 54.9 Å². The molecule has 0 spiro atoms. The molecule has 35 heavy (non-hydrogen) atoms. The molecule has 4 rings (SSSR count). The van der Waals surface area contributed by atoms with Crippen molar-refractivity contribution >= 4 is 5.91 Å². The monoisotopic (exact) mass is 491 g/mol. The summed E-state index contributed by atoms with van der Waals surface area (Å²) < 4.78 is 49.6. The van der Waals surface area contributed by atoms with Crippen molar-refractivity contribution in [2.24, 2.45) is 0 Å². The Hall–Kier alpha value is -2.65. The van der Waals surface area contributed by atoms with Crippen LogP contribution in [0.4, 0.5) is 13.2 Å². The molecular weight excluding hydrogens is 459 g/mol. The highest BCUT2D eigenvalue weighted by Gasteiger charge is 2.47. The number of likely N-dealkylation sites (tertiary alicyclic amines) is 2.